The summed E-state index contributed by atoms with van der Waals surface area (Å²) in [4.78, 5) is 34.7. The number of rotatable bonds is 2. The molecule has 0 saturated carbocycles. The third-order valence-electron chi connectivity index (χ3n) is 4.05. The first-order valence-electron chi connectivity index (χ1n) is 7.72. The number of benzene rings is 1. The van der Waals surface area contributed by atoms with Crippen molar-refractivity contribution in [1.29, 1.82) is 0 Å². The zero-order valence-corrected chi connectivity index (χ0v) is 13.4. The van der Waals surface area contributed by atoms with E-state index in [-0.39, 0.29) is 17.2 Å². The smallest absolute Gasteiger partial charge is 0.272 e. The fourth-order valence-corrected chi connectivity index (χ4v) is 2.77. The number of piperazine rings is 1. The lowest BCUT2D eigenvalue weighted by atomic mass is 10.2. The molecular weight excluding hydrogens is 292 g/mol. The lowest BCUT2D eigenvalue weighted by Gasteiger charge is -2.36. The molecule has 0 atom stereocenters. The van der Waals surface area contributed by atoms with Crippen molar-refractivity contribution >= 4 is 11.6 Å². The van der Waals surface area contributed by atoms with Crippen molar-refractivity contribution in [3.8, 4) is 0 Å². The van der Waals surface area contributed by atoms with Crippen LogP contribution in [0.1, 0.15) is 21.9 Å². The fourth-order valence-electron chi connectivity index (χ4n) is 2.77. The van der Waals surface area contributed by atoms with Gasteiger partial charge in [0.05, 0.1) is 0 Å². The van der Waals surface area contributed by atoms with Crippen molar-refractivity contribution in [2.24, 2.45) is 0 Å². The summed E-state index contributed by atoms with van der Waals surface area (Å²) in [5.41, 5.74) is 2.33. The third-order valence-corrected chi connectivity index (χ3v) is 4.05. The Morgan fingerprint density at radius 2 is 1.74 bits per heavy atom. The van der Waals surface area contributed by atoms with Crippen LogP contribution in [-0.2, 0) is 0 Å². The molecule has 0 unspecified atom stereocenters. The largest absolute Gasteiger partial charge is 0.368 e. The molecule has 6 heteroatoms. The summed E-state index contributed by atoms with van der Waals surface area (Å²) in [7, 11) is 0. The Balaban J connectivity index is 1.67. The number of aryl methyl sites for hydroxylation is 2. The molecule has 2 aromatic rings. The number of nitrogens with one attached hydrogen (secondary N) is 1. The van der Waals surface area contributed by atoms with Gasteiger partial charge in [-0.15, -0.1) is 0 Å². The number of carbonyl (C=O) groups is 1. The highest BCUT2D eigenvalue weighted by molar-refractivity contribution is 5.92. The summed E-state index contributed by atoms with van der Waals surface area (Å²) in [6.07, 6.45) is 0. The van der Waals surface area contributed by atoms with E-state index in [0.29, 0.717) is 18.9 Å². The molecule has 23 heavy (non-hydrogen) atoms. The summed E-state index contributed by atoms with van der Waals surface area (Å²) in [6.45, 7) is 6.54. The van der Waals surface area contributed by atoms with Gasteiger partial charge >= 0.3 is 0 Å². The van der Waals surface area contributed by atoms with E-state index in [0.717, 1.165) is 13.1 Å². The Morgan fingerprint density at radius 1 is 1.09 bits per heavy atom. The molecule has 1 fully saturated rings. The van der Waals surface area contributed by atoms with Crippen molar-refractivity contribution in [3.05, 3.63) is 57.8 Å². The van der Waals surface area contributed by atoms with Gasteiger partial charge in [0.1, 0.15) is 11.5 Å². The molecule has 3 rings (SSSR count). The van der Waals surface area contributed by atoms with E-state index in [1.165, 1.54) is 17.3 Å². The van der Waals surface area contributed by atoms with Gasteiger partial charge in [-0.25, -0.2) is 4.98 Å². The maximum absolute atomic E-state index is 12.5. The van der Waals surface area contributed by atoms with E-state index in [1.807, 2.05) is 0 Å². The highest BCUT2D eigenvalue weighted by Crippen LogP contribution is 2.17. The minimum Gasteiger partial charge on any atom is -0.368 e. The predicted octanol–water partition coefficient (Wildman–Crippen LogP) is 1.35. The fraction of sp³-hybridized carbons (Fsp3) is 0.353. The standard InChI is InChI=1S/C17H20N4O2/c1-12-3-5-14(6-4-12)20-7-9-21(10-8-20)17(23)15-11-16(22)19-13(2)18-15/h3-6,11H,7-10H2,1-2H3,(H,18,19,22). The van der Waals surface area contributed by atoms with Gasteiger partial charge in [0.25, 0.3) is 11.5 Å². The monoisotopic (exact) mass is 312 g/mol. The molecule has 6 nitrogen and oxygen atoms in total. The van der Waals surface area contributed by atoms with Crippen LogP contribution < -0.4 is 10.5 Å². The average molecular weight is 312 g/mol. The van der Waals surface area contributed by atoms with E-state index >= 15 is 0 Å². The number of aromatic nitrogens is 2. The summed E-state index contributed by atoms with van der Waals surface area (Å²) in [5, 5.41) is 0. The summed E-state index contributed by atoms with van der Waals surface area (Å²) in [6, 6.07) is 9.66. The van der Waals surface area contributed by atoms with Crippen molar-refractivity contribution < 1.29 is 4.79 Å². The van der Waals surface area contributed by atoms with Gasteiger partial charge < -0.3 is 14.8 Å². The van der Waals surface area contributed by atoms with Crippen LogP contribution in [0.3, 0.4) is 0 Å². The van der Waals surface area contributed by atoms with Crippen LogP contribution in [0.5, 0.6) is 0 Å². The molecule has 0 spiro atoms. The number of anilines is 1. The third kappa shape index (κ3) is 3.41. The van der Waals surface area contributed by atoms with Crippen LogP contribution in [0.25, 0.3) is 0 Å². The zero-order valence-electron chi connectivity index (χ0n) is 13.4. The molecule has 1 saturated heterocycles. The Labute approximate surface area is 134 Å². The van der Waals surface area contributed by atoms with Gasteiger partial charge in [-0.1, -0.05) is 17.7 Å². The van der Waals surface area contributed by atoms with Crippen LogP contribution >= 0.6 is 0 Å². The van der Waals surface area contributed by atoms with E-state index in [1.54, 1.807) is 11.8 Å². The number of amides is 1. The van der Waals surface area contributed by atoms with Gasteiger partial charge in [-0.05, 0) is 26.0 Å². The Morgan fingerprint density at radius 3 is 2.35 bits per heavy atom. The average Bonchev–Trinajstić information content (AvgIpc) is 2.54. The lowest BCUT2D eigenvalue weighted by Crippen LogP contribution is -2.49. The topological polar surface area (TPSA) is 69.3 Å². The van der Waals surface area contributed by atoms with Gasteiger partial charge in [-0.2, -0.15) is 0 Å². The van der Waals surface area contributed by atoms with Gasteiger partial charge in [0, 0.05) is 37.9 Å². The van der Waals surface area contributed by atoms with E-state index in [9.17, 15) is 9.59 Å². The first-order valence-corrected chi connectivity index (χ1v) is 7.72. The first-order chi connectivity index (χ1) is 11.0. The molecular formula is C17H20N4O2. The van der Waals surface area contributed by atoms with Gasteiger partial charge in [0.2, 0.25) is 0 Å². The Hall–Kier alpha value is -2.63. The molecule has 1 aromatic carbocycles. The second-order valence-corrected chi connectivity index (χ2v) is 5.83. The summed E-state index contributed by atoms with van der Waals surface area (Å²) in [5.74, 6) is 0.280. The van der Waals surface area contributed by atoms with E-state index < -0.39 is 0 Å². The quantitative estimate of drug-likeness (QED) is 0.909. The molecule has 0 bridgehead atoms. The SMILES string of the molecule is Cc1ccc(N2CCN(C(=O)c3cc(=O)[nH]c(C)n3)CC2)cc1. The Kier molecular flexibility index (Phi) is 4.14. The van der Waals surface area contributed by atoms with Gasteiger partial charge in [-0.3, -0.25) is 9.59 Å². The summed E-state index contributed by atoms with van der Waals surface area (Å²) >= 11 is 0. The first kappa shape index (κ1) is 15.3. The number of aromatic amines is 1. The normalized spacial score (nSPS) is 14.9. The molecule has 0 aliphatic carbocycles. The van der Waals surface area contributed by atoms with Crippen LogP contribution in [0, 0.1) is 13.8 Å². The number of hydrogen-bond donors (Lipinski definition) is 1. The van der Waals surface area contributed by atoms with Crippen LogP contribution in [0.2, 0.25) is 0 Å². The molecule has 0 radical (unpaired) electrons. The van der Waals surface area contributed by atoms with Crippen LogP contribution in [0.15, 0.2) is 35.1 Å². The highest BCUT2D eigenvalue weighted by atomic mass is 16.2. The van der Waals surface area contributed by atoms with Crippen molar-refractivity contribution in [2.75, 3.05) is 31.1 Å². The lowest BCUT2D eigenvalue weighted by molar-refractivity contribution is 0.0740. The maximum atomic E-state index is 12.5. The number of nitrogens with zero attached hydrogens (tertiary/aromatic N) is 3. The number of H-pyrrole nitrogens is 1. The van der Waals surface area contributed by atoms with Crippen LogP contribution in [0.4, 0.5) is 5.69 Å². The second kappa shape index (κ2) is 6.24. The molecule has 1 amide bonds. The molecule has 1 aliphatic rings. The van der Waals surface area contributed by atoms with E-state index in [4.69, 9.17) is 0 Å². The molecule has 1 aromatic heterocycles. The molecule has 1 N–H and O–H groups in total. The van der Waals surface area contributed by atoms with E-state index in [2.05, 4.69) is 46.1 Å². The zero-order chi connectivity index (χ0) is 16.4. The van der Waals surface area contributed by atoms with Crippen molar-refractivity contribution in [2.45, 2.75) is 13.8 Å². The van der Waals surface area contributed by atoms with Gasteiger partial charge in [0.15, 0.2) is 0 Å². The maximum Gasteiger partial charge on any atom is 0.272 e. The van der Waals surface area contributed by atoms with Crippen LogP contribution in [-0.4, -0.2) is 47.0 Å². The number of hydrogen-bond acceptors (Lipinski definition) is 4. The van der Waals surface area contributed by atoms with Crippen molar-refractivity contribution in [3.63, 3.8) is 0 Å². The predicted molar refractivity (Wildman–Crippen MR) is 88.9 cm³/mol. The Bertz CT molecular complexity index is 759. The molecule has 1 aliphatic heterocycles. The molecule has 120 valence electrons. The second-order valence-electron chi connectivity index (χ2n) is 5.83. The minimum absolute atomic E-state index is 0.178. The van der Waals surface area contributed by atoms with Crippen molar-refractivity contribution in [1.82, 2.24) is 14.9 Å². The highest BCUT2D eigenvalue weighted by Gasteiger charge is 2.23. The number of carbonyl (C=O) groups excluding carboxylic acids is 1. The molecule has 2 heterocycles. The summed E-state index contributed by atoms with van der Waals surface area (Å²) < 4.78 is 0. The minimum atomic E-state index is -0.292.